The maximum absolute atomic E-state index is 12.5. The summed E-state index contributed by atoms with van der Waals surface area (Å²) < 4.78 is 0. The van der Waals surface area contributed by atoms with Gasteiger partial charge in [-0.25, -0.2) is 0 Å². The van der Waals surface area contributed by atoms with Crippen LogP contribution < -0.4 is 5.32 Å². The van der Waals surface area contributed by atoms with Gasteiger partial charge < -0.3 is 15.1 Å². The molecule has 0 spiro atoms. The highest BCUT2D eigenvalue weighted by molar-refractivity contribution is 14.0. The Hall–Kier alpha value is -1.42. The van der Waals surface area contributed by atoms with Crippen molar-refractivity contribution in [2.75, 3.05) is 59.4 Å². The van der Waals surface area contributed by atoms with Crippen molar-refractivity contribution in [3.63, 3.8) is 0 Å². The molecule has 1 amide bonds. The molecule has 2 saturated heterocycles. The molecule has 162 valence electrons. The van der Waals surface area contributed by atoms with Crippen LogP contribution in [0.4, 0.5) is 0 Å². The second-order valence-corrected chi connectivity index (χ2v) is 7.73. The second kappa shape index (κ2) is 12.3. The van der Waals surface area contributed by atoms with Crippen molar-refractivity contribution in [1.82, 2.24) is 25.0 Å². The monoisotopic (exact) mass is 514 g/mol. The maximum atomic E-state index is 12.5. The number of aromatic nitrogens is 1. The second-order valence-electron chi connectivity index (χ2n) is 7.73. The smallest absolute Gasteiger partial charge is 0.236 e. The van der Waals surface area contributed by atoms with Crippen LogP contribution in [0.1, 0.15) is 30.4 Å². The zero-order chi connectivity index (χ0) is 19.8. The number of piperidine rings is 1. The van der Waals surface area contributed by atoms with Gasteiger partial charge in [0.1, 0.15) is 0 Å². The van der Waals surface area contributed by atoms with Crippen LogP contribution in [0.5, 0.6) is 0 Å². The largest absolute Gasteiger partial charge is 0.356 e. The first-order valence-corrected chi connectivity index (χ1v) is 10.5. The summed E-state index contributed by atoms with van der Waals surface area (Å²) in [7, 11) is 1.84. The summed E-state index contributed by atoms with van der Waals surface area (Å²) in [5, 5.41) is 3.48. The number of hydrogen-bond acceptors (Lipinski definition) is 4. The molecule has 1 aromatic heterocycles. The number of carbonyl (C=O) groups excluding carboxylic acids is 1. The number of carbonyl (C=O) groups is 1. The molecule has 0 atom stereocenters. The third-order valence-corrected chi connectivity index (χ3v) is 5.77. The summed E-state index contributed by atoms with van der Waals surface area (Å²) in [5.74, 6) is 1.25. The Bertz CT molecular complexity index is 669. The maximum Gasteiger partial charge on any atom is 0.236 e. The quantitative estimate of drug-likeness (QED) is 0.369. The number of guanidine groups is 1. The summed E-state index contributed by atoms with van der Waals surface area (Å²) in [4.78, 5) is 27.7. The molecular formula is C21H35IN6O. The number of nitrogens with one attached hydrogen (secondary N) is 1. The van der Waals surface area contributed by atoms with Crippen LogP contribution in [0.3, 0.4) is 0 Å². The number of aliphatic imine (C=N–C) groups is 1. The minimum absolute atomic E-state index is 0. The lowest BCUT2D eigenvalue weighted by Crippen LogP contribution is -2.54. The van der Waals surface area contributed by atoms with Gasteiger partial charge in [-0.2, -0.15) is 0 Å². The Morgan fingerprint density at radius 3 is 2.48 bits per heavy atom. The Balaban J connectivity index is 0.00000300. The number of amides is 1. The first kappa shape index (κ1) is 23.9. The van der Waals surface area contributed by atoms with Crippen molar-refractivity contribution in [2.24, 2.45) is 4.99 Å². The van der Waals surface area contributed by atoms with Crippen LogP contribution in [-0.2, 0) is 11.2 Å². The zero-order valence-electron chi connectivity index (χ0n) is 17.8. The molecule has 3 rings (SSSR count). The van der Waals surface area contributed by atoms with Gasteiger partial charge in [-0.05, 0) is 49.8 Å². The fraction of sp³-hybridized carbons (Fsp3) is 0.667. The van der Waals surface area contributed by atoms with Crippen molar-refractivity contribution in [2.45, 2.75) is 32.6 Å². The van der Waals surface area contributed by atoms with E-state index in [0.29, 0.717) is 12.5 Å². The number of hydrogen-bond donors (Lipinski definition) is 1. The lowest BCUT2D eigenvalue weighted by atomic mass is 10.1. The van der Waals surface area contributed by atoms with E-state index in [0.717, 1.165) is 71.0 Å². The Kier molecular flexibility index (Phi) is 10.1. The van der Waals surface area contributed by atoms with E-state index in [4.69, 9.17) is 0 Å². The molecule has 1 aromatic rings. The lowest BCUT2D eigenvalue weighted by molar-refractivity contribution is -0.133. The normalized spacial score (nSPS) is 18.3. The van der Waals surface area contributed by atoms with Gasteiger partial charge in [0, 0.05) is 65.3 Å². The molecule has 1 N–H and O–H groups in total. The SMILES string of the molecule is CN=C(NCCc1ccncc1C)N1CCN(CC(=O)N2CCCCC2)CC1.I. The molecule has 0 aliphatic carbocycles. The van der Waals surface area contributed by atoms with Crippen LogP contribution in [0.25, 0.3) is 0 Å². The number of rotatable bonds is 5. The van der Waals surface area contributed by atoms with Gasteiger partial charge in [0.15, 0.2) is 5.96 Å². The van der Waals surface area contributed by atoms with Gasteiger partial charge in [0.2, 0.25) is 5.91 Å². The Morgan fingerprint density at radius 1 is 1.10 bits per heavy atom. The molecule has 2 fully saturated rings. The van der Waals surface area contributed by atoms with Gasteiger partial charge in [0.25, 0.3) is 0 Å². The molecule has 2 aliphatic heterocycles. The van der Waals surface area contributed by atoms with Gasteiger partial charge in [-0.3, -0.25) is 19.7 Å². The van der Waals surface area contributed by atoms with Crippen molar-refractivity contribution in [3.8, 4) is 0 Å². The fourth-order valence-corrected chi connectivity index (χ4v) is 3.98. The minimum Gasteiger partial charge on any atom is -0.356 e. The highest BCUT2D eigenvalue weighted by atomic mass is 127. The zero-order valence-corrected chi connectivity index (χ0v) is 20.1. The third-order valence-electron chi connectivity index (χ3n) is 5.77. The molecule has 29 heavy (non-hydrogen) atoms. The highest BCUT2D eigenvalue weighted by Gasteiger charge is 2.23. The molecule has 0 saturated carbocycles. The van der Waals surface area contributed by atoms with E-state index in [2.05, 4.69) is 38.1 Å². The minimum atomic E-state index is 0. The first-order chi connectivity index (χ1) is 13.7. The summed E-state index contributed by atoms with van der Waals surface area (Å²) in [5.41, 5.74) is 2.55. The molecule has 0 bridgehead atoms. The standard InChI is InChI=1S/C21H34N6O.HI/c1-18-16-23-8-6-19(18)7-9-24-21(22-2)27-14-12-25(13-15-27)17-20(28)26-10-4-3-5-11-26;/h6,8,16H,3-5,7,9-15,17H2,1-2H3,(H,22,24);1H. The van der Waals surface area contributed by atoms with E-state index < -0.39 is 0 Å². The van der Waals surface area contributed by atoms with E-state index in [-0.39, 0.29) is 24.0 Å². The van der Waals surface area contributed by atoms with Gasteiger partial charge in [-0.15, -0.1) is 24.0 Å². The van der Waals surface area contributed by atoms with E-state index in [9.17, 15) is 4.79 Å². The van der Waals surface area contributed by atoms with Crippen LogP contribution in [0.2, 0.25) is 0 Å². The number of piperazine rings is 1. The van der Waals surface area contributed by atoms with Crippen LogP contribution in [0.15, 0.2) is 23.5 Å². The average molecular weight is 514 g/mol. The van der Waals surface area contributed by atoms with Gasteiger partial charge in [0.05, 0.1) is 6.54 Å². The number of pyridine rings is 1. The number of aryl methyl sites for hydroxylation is 1. The van der Waals surface area contributed by atoms with E-state index in [1.807, 2.05) is 24.3 Å². The lowest BCUT2D eigenvalue weighted by Gasteiger charge is -2.37. The summed E-state index contributed by atoms with van der Waals surface area (Å²) >= 11 is 0. The molecular weight excluding hydrogens is 479 g/mol. The van der Waals surface area contributed by atoms with Crippen molar-refractivity contribution in [3.05, 3.63) is 29.6 Å². The van der Waals surface area contributed by atoms with Crippen molar-refractivity contribution in [1.29, 1.82) is 0 Å². The van der Waals surface area contributed by atoms with Gasteiger partial charge >= 0.3 is 0 Å². The molecule has 8 heteroatoms. The third kappa shape index (κ3) is 7.09. The number of halogens is 1. The van der Waals surface area contributed by atoms with Crippen molar-refractivity contribution >= 4 is 35.8 Å². The van der Waals surface area contributed by atoms with E-state index >= 15 is 0 Å². The average Bonchev–Trinajstić information content (AvgIpc) is 2.74. The number of likely N-dealkylation sites (tertiary alicyclic amines) is 1. The molecule has 0 aromatic carbocycles. The first-order valence-electron chi connectivity index (χ1n) is 10.5. The highest BCUT2D eigenvalue weighted by Crippen LogP contribution is 2.10. The van der Waals surface area contributed by atoms with Crippen LogP contribution >= 0.6 is 24.0 Å². The fourth-order valence-electron chi connectivity index (χ4n) is 3.98. The Morgan fingerprint density at radius 2 is 1.83 bits per heavy atom. The van der Waals surface area contributed by atoms with Crippen LogP contribution in [-0.4, -0.2) is 91.0 Å². The molecule has 3 heterocycles. The predicted molar refractivity (Wildman–Crippen MR) is 128 cm³/mol. The van der Waals surface area contributed by atoms with Gasteiger partial charge in [-0.1, -0.05) is 0 Å². The molecule has 0 unspecified atom stereocenters. The summed E-state index contributed by atoms with van der Waals surface area (Å²) in [6.45, 7) is 9.00. The molecule has 0 radical (unpaired) electrons. The topological polar surface area (TPSA) is 64.1 Å². The van der Waals surface area contributed by atoms with Crippen LogP contribution in [0, 0.1) is 6.92 Å². The van der Waals surface area contributed by atoms with E-state index in [1.54, 1.807) is 0 Å². The molecule has 2 aliphatic rings. The van der Waals surface area contributed by atoms with Crippen molar-refractivity contribution < 1.29 is 4.79 Å². The molecule has 7 nitrogen and oxygen atoms in total. The van der Waals surface area contributed by atoms with E-state index in [1.165, 1.54) is 17.5 Å². The number of nitrogens with zero attached hydrogens (tertiary/aromatic N) is 5. The summed E-state index contributed by atoms with van der Waals surface area (Å²) in [6.07, 6.45) is 8.28. The summed E-state index contributed by atoms with van der Waals surface area (Å²) in [6, 6.07) is 2.08. The predicted octanol–water partition coefficient (Wildman–Crippen LogP) is 1.76. The Labute approximate surface area is 192 Å².